The molecule has 2 rings (SSSR count). The molecular weight excluding hydrogens is 328 g/mol. The highest BCUT2D eigenvalue weighted by Crippen LogP contribution is 2.15. The zero-order valence-electron chi connectivity index (χ0n) is 15.7. The van der Waals surface area contributed by atoms with E-state index < -0.39 is 12.1 Å². The maximum Gasteiger partial charge on any atom is 0.408 e. The molecule has 0 aliphatic rings. The van der Waals surface area contributed by atoms with E-state index in [4.69, 9.17) is 4.74 Å². The summed E-state index contributed by atoms with van der Waals surface area (Å²) >= 11 is 0. The lowest BCUT2D eigenvalue weighted by atomic mass is 10.0. The van der Waals surface area contributed by atoms with Crippen molar-refractivity contribution in [3.05, 3.63) is 65.2 Å². The smallest absolute Gasteiger partial charge is 0.408 e. The van der Waals surface area contributed by atoms with E-state index in [1.807, 2.05) is 76.2 Å². The molecule has 0 saturated heterocycles. The van der Waals surface area contributed by atoms with Gasteiger partial charge in [0.2, 0.25) is 5.91 Å². The summed E-state index contributed by atoms with van der Waals surface area (Å²) < 4.78 is 5.21. The van der Waals surface area contributed by atoms with Gasteiger partial charge in [-0.3, -0.25) is 4.79 Å². The molecule has 0 unspecified atom stereocenters. The Morgan fingerprint density at radius 3 is 2.31 bits per heavy atom. The van der Waals surface area contributed by atoms with Gasteiger partial charge in [-0.05, 0) is 48.6 Å². The molecule has 2 aromatic carbocycles. The number of hydrogen-bond donors (Lipinski definition) is 2. The lowest BCUT2D eigenvalue weighted by Gasteiger charge is -2.21. The van der Waals surface area contributed by atoms with Gasteiger partial charge in [0.15, 0.2) is 0 Å². The number of hydrogen-bond acceptors (Lipinski definition) is 3. The van der Waals surface area contributed by atoms with E-state index in [1.165, 1.54) is 0 Å². The normalized spacial score (nSPS) is 11.7. The second-order valence-electron chi connectivity index (χ2n) is 6.72. The van der Waals surface area contributed by atoms with Crippen LogP contribution in [0.1, 0.15) is 30.5 Å². The van der Waals surface area contributed by atoms with Crippen LogP contribution >= 0.6 is 0 Å². The maximum absolute atomic E-state index is 12.6. The summed E-state index contributed by atoms with van der Waals surface area (Å²) in [5.41, 5.74) is 3.86. The van der Waals surface area contributed by atoms with Crippen LogP contribution in [0, 0.1) is 19.8 Å². The van der Waals surface area contributed by atoms with Gasteiger partial charge >= 0.3 is 6.09 Å². The van der Waals surface area contributed by atoms with Gasteiger partial charge in [-0.25, -0.2) is 4.79 Å². The fraction of sp³-hybridized carbons (Fsp3) is 0.333. The van der Waals surface area contributed by atoms with Gasteiger partial charge in [-0.15, -0.1) is 0 Å². The van der Waals surface area contributed by atoms with Crippen molar-refractivity contribution in [3.8, 4) is 0 Å². The zero-order chi connectivity index (χ0) is 19.1. The molecule has 138 valence electrons. The molecule has 0 heterocycles. The first-order valence-electron chi connectivity index (χ1n) is 8.72. The van der Waals surface area contributed by atoms with Crippen LogP contribution in [0.4, 0.5) is 10.5 Å². The molecule has 0 aromatic heterocycles. The topological polar surface area (TPSA) is 67.4 Å². The fourth-order valence-electron chi connectivity index (χ4n) is 2.47. The Hall–Kier alpha value is -2.82. The highest BCUT2D eigenvalue weighted by Gasteiger charge is 2.25. The Bertz CT molecular complexity index is 757. The molecule has 0 aliphatic carbocycles. The van der Waals surface area contributed by atoms with Crippen molar-refractivity contribution in [2.75, 3.05) is 5.32 Å². The molecule has 0 bridgehead atoms. The van der Waals surface area contributed by atoms with Crippen LogP contribution in [0.25, 0.3) is 0 Å². The summed E-state index contributed by atoms with van der Waals surface area (Å²) in [6.07, 6.45) is -0.609. The number of amides is 2. The third-order valence-corrected chi connectivity index (χ3v) is 4.21. The molecule has 0 fully saturated rings. The van der Waals surface area contributed by atoms with Gasteiger partial charge < -0.3 is 15.4 Å². The van der Waals surface area contributed by atoms with Gasteiger partial charge in [0.05, 0.1) is 0 Å². The number of anilines is 1. The Morgan fingerprint density at radius 1 is 1.00 bits per heavy atom. The summed E-state index contributed by atoms with van der Waals surface area (Å²) in [5, 5.41) is 5.52. The lowest BCUT2D eigenvalue weighted by Crippen LogP contribution is -2.47. The second kappa shape index (κ2) is 9.04. The van der Waals surface area contributed by atoms with Gasteiger partial charge in [0.1, 0.15) is 12.6 Å². The molecule has 26 heavy (non-hydrogen) atoms. The number of aryl methyl sites for hydroxylation is 2. The summed E-state index contributed by atoms with van der Waals surface area (Å²) in [6.45, 7) is 7.92. The van der Waals surface area contributed by atoms with E-state index in [2.05, 4.69) is 10.6 Å². The van der Waals surface area contributed by atoms with Crippen LogP contribution in [-0.4, -0.2) is 18.0 Å². The number of nitrogens with one attached hydrogen (secondary N) is 2. The molecule has 5 nitrogen and oxygen atoms in total. The van der Waals surface area contributed by atoms with Crippen LogP contribution in [0.15, 0.2) is 48.5 Å². The van der Waals surface area contributed by atoms with Gasteiger partial charge in [0.25, 0.3) is 0 Å². The van der Waals surface area contributed by atoms with Gasteiger partial charge in [-0.2, -0.15) is 0 Å². The Balaban J connectivity index is 1.95. The highest BCUT2D eigenvalue weighted by atomic mass is 16.5. The van der Waals surface area contributed by atoms with E-state index in [-0.39, 0.29) is 18.4 Å². The maximum atomic E-state index is 12.6. The zero-order valence-corrected chi connectivity index (χ0v) is 15.7. The van der Waals surface area contributed by atoms with Crippen LogP contribution in [0.3, 0.4) is 0 Å². The molecule has 0 aliphatic heterocycles. The molecule has 5 heteroatoms. The summed E-state index contributed by atoms with van der Waals surface area (Å²) in [7, 11) is 0. The minimum absolute atomic E-state index is 0.0779. The molecule has 2 N–H and O–H groups in total. The molecule has 0 radical (unpaired) electrons. The monoisotopic (exact) mass is 354 g/mol. The SMILES string of the molecule is Cc1ccc(NC(=O)[C@H](NC(=O)OCc2ccccc2)C(C)C)cc1C. The molecular formula is C21H26N2O3. The van der Waals surface area contributed by atoms with E-state index >= 15 is 0 Å². The van der Waals surface area contributed by atoms with Crippen molar-refractivity contribution in [2.45, 2.75) is 40.3 Å². The number of benzene rings is 2. The Labute approximate surface area is 154 Å². The van der Waals surface area contributed by atoms with E-state index in [0.717, 1.165) is 16.7 Å². The van der Waals surface area contributed by atoms with Crippen molar-refractivity contribution in [2.24, 2.45) is 5.92 Å². The van der Waals surface area contributed by atoms with Crippen LogP contribution in [0.5, 0.6) is 0 Å². The Morgan fingerprint density at radius 2 is 1.69 bits per heavy atom. The first-order chi connectivity index (χ1) is 12.4. The number of alkyl carbamates (subject to hydrolysis) is 1. The largest absolute Gasteiger partial charge is 0.445 e. The number of carbonyl (C=O) groups is 2. The predicted molar refractivity (Wildman–Crippen MR) is 103 cm³/mol. The summed E-state index contributed by atoms with van der Waals surface area (Å²) in [4.78, 5) is 24.7. The van der Waals surface area contributed by atoms with Crippen LogP contribution in [-0.2, 0) is 16.1 Å². The summed E-state index contributed by atoms with van der Waals surface area (Å²) in [6, 6.07) is 14.4. The van der Waals surface area contributed by atoms with Crippen LogP contribution < -0.4 is 10.6 Å². The van der Waals surface area contributed by atoms with E-state index in [0.29, 0.717) is 5.69 Å². The predicted octanol–water partition coefficient (Wildman–Crippen LogP) is 4.19. The number of rotatable bonds is 6. The van der Waals surface area contributed by atoms with Crippen molar-refractivity contribution < 1.29 is 14.3 Å². The lowest BCUT2D eigenvalue weighted by molar-refractivity contribution is -0.119. The quantitative estimate of drug-likeness (QED) is 0.817. The summed E-state index contributed by atoms with van der Waals surface area (Å²) in [5.74, 6) is -0.342. The highest BCUT2D eigenvalue weighted by molar-refractivity contribution is 5.96. The van der Waals surface area contributed by atoms with Crippen molar-refractivity contribution in [1.29, 1.82) is 0 Å². The minimum Gasteiger partial charge on any atom is -0.445 e. The van der Waals surface area contributed by atoms with E-state index in [9.17, 15) is 9.59 Å². The van der Waals surface area contributed by atoms with Gasteiger partial charge in [-0.1, -0.05) is 50.2 Å². The second-order valence-corrected chi connectivity index (χ2v) is 6.72. The van der Waals surface area contributed by atoms with Gasteiger partial charge in [0, 0.05) is 5.69 Å². The van der Waals surface area contributed by atoms with Crippen molar-refractivity contribution >= 4 is 17.7 Å². The standard InChI is InChI=1S/C21H26N2O3/c1-14(2)19(20(24)22-18-11-10-15(3)16(4)12-18)23-21(25)26-13-17-8-6-5-7-9-17/h5-12,14,19H,13H2,1-4H3,(H,22,24)(H,23,25)/t19-/m1/s1. The Kier molecular flexibility index (Phi) is 6.78. The average Bonchev–Trinajstić information content (AvgIpc) is 2.61. The average molecular weight is 354 g/mol. The molecule has 0 saturated carbocycles. The van der Waals surface area contributed by atoms with Crippen molar-refractivity contribution in [1.82, 2.24) is 5.32 Å². The fourth-order valence-corrected chi connectivity index (χ4v) is 2.47. The first kappa shape index (κ1) is 19.5. The third-order valence-electron chi connectivity index (χ3n) is 4.21. The first-order valence-corrected chi connectivity index (χ1v) is 8.72. The molecule has 1 atom stereocenters. The van der Waals surface area contributed by atoms with Crippen molar-refractivity contribution in [3.63, 3.8) is 0 Å². The third kappa shape index (κ3) is 5.62. The molecule has 2 amide bonds. The number of carbonyl (C=O) groups excluding carboxylic acids is 2. The van der Waals surface area contributed by atoms with Crippen LogP contribution in [0.2, 0.25) is 0 Å². The molecule has 2 aromatic rings. The molecule has 0 spiro atoms. The minimum atomic E-state index is -0.681. The van der Waals surface area contributed by atoms with E-state index in [1.54, 1.807) is 0 Å². The number of ether oxygens (including phenoxy) is 1.